The van der Waals surface area contributed by atoms with Crippen molar-refractivity contribution in [3.63, 3.8) is 0 Å². The maximum atomic E-state index is 12.0. The van der Waals surface area contributed by atoms with E-state index in [1.165, 1.54) is 6.07 Å². The number of amides is 3. The first-order valence-corrected chi connectivity index (χ1v) is 7.93. The number of thioether (sulfide) groups is 1. The summed E-state index contributed by atoms with van der Waals surface area (Å²) in [6, 6.07) is 6.47. The Balaban J connectivity index is 1.63. The van der Waals surface area contributed by atoms with Gasteiger partial charge in [-0.2, -0.15) is 5.01 Å². The topological polar surface area (TPSA) is 126 Å². The summed E-state index contributed by atoms with van der Waals surface area (Å²) in [5.74, 6) is -1.47. The number of para-hydroxylation sites is 1. The molecule has 0 unspecified atom stereocenters. The zero-order chi connectivity index (χ0) is 17.1. The minimum atomic E-state index is -0.583. The highest BCUT2D eigenvalue weighted by molar-refractivity contribution is 7.99. The Morgan fingerprint density at radius 2 is 2.08 bits per heavy atom. The van der Waals surface area contributed by atoms with Crippen molar-refractivity contribution in [2.45, 2.75) is 18.1 Å². The molecule has 2 N–H and O–H groups in total. The van der Waals surface area contributed by atoms with Gasteiger partial charge in [0.05, 0.1) is 11.3 Å². The zero-order valence-electron chi connectivity index (χ0n) is 12.3. The van der Waals surface area contributed by atoms with Gasteiger partial charge in [0.2, 0.25) is 11.8 Å². The molecule has 1 aliphatic rings. The highest BCUT2D eigenvalue weighted by atomic mass is 32.2. The molecule has 2 heterocycles. The van der Waals surface area contributed by atoms with Crippen molar-refractivity contribution >= 4 is 29.5 Å². The first-order chi connectivity index (χ1) is 11.5. The fourth-order valence-corrected chi connectivity index (χ4v) is 2.61. The summed E-state index contributed by atoms with van der Waals surface area (Å²) in [5, 5.41) is 18.1. The van der Waals surface area contributed by atoms with Gasteiger partial charge in [-0.3, -0.25) is 19.8 Å². The molecule has 3 amide bonds. The van der Waals surface area contributed by atoms with E-state index in [0.29, 0.717) is 10.6 Å². The number of nitrogens with zero attached hydrogens (tertiary/aromatic N) is 3. The molecule has 1 saturated heterocycles. The van der Waals surface area contributed by atoms with Gasteiger partial charge in [-0.1, -0.05) is 23.9 Å². The van der Waals surface area contributed by atoms with Crippen molar-refractivity contribution in [1.29, 1.82) is 0 Å². The van der Waals surface area contributed by atoms with Crippen LogP contribution in [0.15, 0.2) is 33.9 Å². The van der Waals surface area contributed by atoms with E-state index in [-0.39, 0.29) is 41.4 Å². The van der Waals surface area contributed by atoms with Gasteiger partial charge >= 0.3 is 0 Å². The largest absolute Gasteiger partial charge is 0.507 e. The van der Waals surface area contributed by atoms with Crippen LogP contribution in [0.25, 0.3) is 11.5 Å². The fourth-order valence-electron chi connectivity index (χ4n) is 2.00. The second-order valence-corrected chi connectivity index (χ2v) is 5.76. The Kier molecular flexibility index (Phi) is 4.47. The SMILES string of the molecule is O=C1CCC(=O)N(C(=O)CSc2nnc(-c3ccccc3O)o2)N1. The number of nitrogens with one attached hydrogen (secondary N) is 1. The Hall–Kier alpha value is -2.88. The van der Waals surface area contributed by atoms with Crippen molar-refractivity contribution in [2.75, 3.05) is 5.75 Å². The molecule has 1 aliphatic heterocycles. The Morgan fingerprint density at radius 3 is 2.88 bits per heavy atom. The minimum Gasteiger partial charge on any atom is -0.507 e. The van der Waals surface area contributed by atoms with Crippen LogP contribution in [0.3, 0.4) is 0 Å². The molecular weight excluding hydrogens is 336 g/mol. The van der Waals surface area contributed by atoms with E-state index in [0.717, 1.165) is 11.8 Å². The Bertz CT molecular complexity index is 806. The maximum absolute atomic E-state index is 12.0. The first-order valence-electron chi connectivity index (χ1n) is 6.94. The molecule has 1 aromatic carbocycles. The molecule has 3 rings (SSSR count). The average Bonchev–Trinajstić information content (AvgIpc) is 3.04. The van der Waals surface area contributed by atoms with Gasteiger partial charge in [-0.25, -0.2) is 0 Å². The van der Waals surface area contributed by atoms with Gasteiger partial charge in [0, 0.05) is 12.8 Å². The second kappa shape index (κ2) is 6.71. The smallest absolute Gasteiger partial charge is 0.277 e. The van der Waals surface area contributed by atoms with Crippen LogP contribution in [0, 0.1) is 0 Å². The number of rotatable bonds is 4. The monoisotopic (exact) mass is 348 g/mol. The average molecular weight is 348 g/mol. The van der Waals surface area contributed by atoms with Gasteiger partial charge in [0.1, 0.15) is 5.75 Å². The lowest BCUT2D eigenvalue weighted by atomic mass is 10.2. The van der Waals surface area contributed by atoms with Crippen LogP contribution in [0.2, 0.25) is 0 Å². The quantitative estimate of drug-likeness (QED) is 0.774. The number of aromatic hydroxyl groups is 1. The zero-order valence-corrected chi connectivity index (χ0v) is 13.1. The first kappa shape index (κ1) is 16.0. The van der Waals surface area contributed by atoms with Gasteiger partial charge in [0.15, 0.2) is 0 Å². The van der Waals surface area contributed by atoms with Gasteiger partial charge < -0.3 is 9.52 Å². The molecule has 1 fully saturated rings. The third kappa shape index (κ3) is 3.38. The summed E-state index contributed by atoms with van der Waals surface area (Å²) in [6.45, 7) is 0. The lowest BCUT2D eigenvalue weighted by Gasteiger charge is -2.24. The number of phenolic OH excluding ortho intramolecular Hbond substituents is 1. The molecule has 2 aromatic rings. The summed E-state index contributed by atoms with van der Waals surface area (Å²) < 4.78 is 5.37. The number of hydrogen-bond donors (Lipinski definition) is 2. The normalized spacial score (nSPS) is 14.6. The minimum absolute atomic E-state index is 0.000228. The van der Waals surface area contributed by atoms with Crippen molar-refractivity contribution in [2.24, 2.45) is 0 Å². The number of imide groups is 1. The van der Waals surface area contributed by atoms with E-state index in [4.69, 9.17) is 4.42 Å². The van der Waals surface area contributed by atoms with E-state index in [1.54, 1.807) is 18.2 Å². The molecule has 0 radical (unpaired) electrons. The summed E-state index contributed by atoms with van der Waals surface area (Å²) in [6.07, 6.45) is 0.0730. The Morgan fingerprint density at radius 1 is 1.29 bits per heavy atom. The van der Waals surface area contributed by atoms with E-state index >= 15 is 0 Å². The number of hydrazine groups is 1. The van der Waals surface area contributed by atoms with E-state index < -0.39 is 11.8 Å². The molecule has 10 heteroatoms. The Labute approximate surface area is 140 Å². The molecule has 0 atom stereocenters. The van der Waals surface area contributed by atoms with Crippen LogP contribution in [-0.4, -0.2) is 43.8 Å². The number of hydrogen-bond acceptors (Lipinski definition) is 8. The number of phenols is 1. The van der Waals surface area contributed by atoms with Crippen LogP contribution in [0.1, 0.15) is 12.8 Å². The summed E-state index contributed by atoms with van der Waals surface area (Å²) >= 11 is 0.930. The number of carbonyl (C=O) groups is 3. The number of carbonyl (C=O) groups excluding carboxylic acids is 3. The van der Waals surface area contributed by atoms with Gasteiger partial charge in [0.25, 0.3) is 17.0 Å². The van der Waals surface area contributed by atoms with Crippen LogP contribution in [-0.2, 0) is 14.4 Å². The van der Waals surface area contributed by atoms with Crippen molar-refractivity contribution in [3.8, 4) is 17.2 Å². The molecule has 0 aliphatic carbocycles. The van der Waals surface area contributed by atoms with E-state index in [2.05, 4.69) is 15.6 Å². The predicted octanol–water partition coefficient (Wildman–Crippen LogP) is 0.714. The molecule has 9 nitrogen and oxygen atoms in total. The molecular formula is C14H12N4O5S. The molecule has 1 aromatic heterocycles. The van der Waals surface area contributed by atoms with Crippen molar-refractivity contribution in [3.05, 3.63) is 24.3 Å². The van der Waals surface area contributed by atoms with Crippen LogP contribution < -0.4 is 5.43 Å². The predicted molar refractivity (Wildman–Crippen MR) is 81.4 cm³/mol. The molecule has 24 heavy (non-hydrogen) atoms. The highest BCUT2D eigenvalue weighted by Crippen LogP contribution is 2.29. The van der Waals surface area contributed by atoms with E-state index in [9.17, 15) is 19.5 Å². The van der Waals surface area contributed by atoms with Gasteiger partial charge in [-0.15, -0.1) is 10.2 Å². The van der Waals surface area contributed by atoms with Crippen molar-refractivity contribution in [1.82, 2.24) is 20.6 Å². The summed E-state index contributed by atoms with van der Waals surface area (Å²) in [4.78, 5) is 34.9. The summed E-state index contributed by atoms with van der Waals surface area (Å²) in [5.41, 5.74) is 2.60. The third-order valence-electron chi connectivity index (χ3n) is 3.16. The number of benzene rings is 1. The van der Waals surface area contributed by atoms with E-state index in [1.807, 2.05) is 0 Å². The molecule has 0 bridgehead atoms. The van der Waals surface area contributed by atoms with Crippen LogP contribution >= 0.6 is 11.8 Å². The molecule has 124 valence electrons. The second-order valence-electron chi connectivity index (χ2n) is 4.84. The van der Waals surface area contributed by atoms with Crippen LogP contribution in [0.4, 0.5) is 0 Å². The van der Waals surface area contributed by atoms with Crippen LogP contribution in [0.5, 0.6) is 5.75 Å². The highest BCUT2D eigenvalue weighted by Gasteiger charge is 2.28. The molecule has 0 saturated carbocycles. The lowest BCUT2D eigenvalue weighted by molar-refractivity contribution is -0.155. The third-order valence-corrected chi connectivity index (χ3v) is 3.96. The standard InChI is InChI=1S/C14H12N4O5S/c19-9-4-2-1-3-8(9)13-15-16-14(23-13)24-7-12(22)18-11(21)6-5-10(20)17-18/h1-4,19H,5-7H2,(H,17,20). The molecule has 0 spiro atoms. The summed E-state index contributed by atoms with van der Waals surface area (Å²) in [7, 11) is 0. The lowest BCUT2D eigenvalue weighted by Crippen LogP contribution is -2.53. The van der Waals surface area contributed by atoms with Gasteiger partial charge in [-0.05, 0) is 12.1 Å². The van der Waals surface area contributed by atoms with Crippen molar-refractivity contribution < 1.29 is 23.9 Å². The maximum Gasteiger partial charge on any atom is 0.277 e. The number of aromatic nitrogens is 2. The fraction of sp³-hybridized carbons (Fsp3) is 0.214.